The maximum absolute atomic E-state index is 12.9. The number of furan rings is 1. The van der Waals surface area contributed by atoms with Gasteiger partial charge in [0.2, 0.25) is 11.6 Å². The number of ether oxygens (including phenoxy) is 2. The first-order chi connectivity index (χ1) is 16.4. The van der Waals surface area contributed by atoms with Crippen LogP contribution in [-0.4, -0.2) is 5.97 Å². The number of carbonyl (C=O) groups excluding carboxylic acids is 1. The molecule has 2 N–H and O–H groups in total. The summed E-state index contributed by atoms with van der Waals surface area (Å²) >= 11 is 9.54. The summed E-state index contributed by atoms with van der Waals surface area (Å²) in [6.45, 7) is 1.77. The van der Waals surface area contributed by atoms with Gasteiger partial charge in [-0.15, -0.1) is 0 Å². The molecule has 0 saturated heterocycles. The summed E-state index contributed by atoms with van der Waals surface area (Å²) in [6, 6.07) is 19.9. The normalized spacial score (nSPS) is 14.9. The Labute approximate surface area is 208 Å². The second-order valence-corrected chi connectivity index (χ2v) is 9.12. The van der Waals surface area contributed by atoms with Gasteiger partial charge in [-0.05, 0) is 48.9 Å². The number of halogens is 2. The summed E-state index contributed by atoms with van der Waals surface area (Å²) < 4.78 is 17.9. The van der Waals surface area contributed by atoms with Gasteiger partial charge in [-0.25, -0.2) is 4.79 Å². The van der Waals surface area contributed by atoms with E-state index in [1.165, 1.54) is 0 Å². The van der Waals surface area contributed by atoms with Crippen molar-refractivity contribution in [1.29, 1.82) is 5.26 Å². The molecule has 5 rings (SSSR count). The maximum atomic E-state index is 12.9. The Hall–Kier alpha value is -3.73. The smallest absolute Gasteiger partial charge is 0.379 e. The Balaban J connectivity index is 1.50. The molecular formula is C26H16BrClN2O4. The quantitative estimate of drug-likeness (QED) is 0.235. The average molecular weight is 536 g/mol. The Morgan fingerprint density at radius 1 is 1.18 bits per heavy atom. The number of benzene rings is 3. The third-order valence-electron chi connectivity index (χ3n) is 5.67. The van der Waals surface area contributed by atoms with Crippen LogP contribution in [0, 0.1) is 18.3 Å². The van der Waals surface area contributed by atoms with E-state index in [1.54, 1.807) is 43.3 Å². The monoisotopic (exact) mass is 534 g/mol. The van der Waals surface area contributed by atoms with E-state index in [2.05, 4.69) is 22.0 Å². The van der Waals surface area contributed by atoms with Crippen molar-refractivity contribution in [1.82, 2.24) is 0 Å². The molecule has 0 saturated carbocycles. The molecule has 1 aliphatic heterocycles. The first-order valence-corrected chi connectivity index (χ1v) is 11.4. The highest BCUT2D eigenvalue weighted by Crippen LogP contribution is 2.44. The lowest BCUT2D eigenvalue weighted by Gasteiger charge is -2.26. The van der Waals surface area contributed by atoms with E-state index in [-0.39, 0.29) is 17.4 Å². The molecule has 0 spiro atoms. The van der Waals surface area contributed by atoms with Crippen LogP contribution >= 0.6 is 27.5 Å². The van der Waals surface area contributed by atoms with Crippen molar-refractivity contribution in [3.05, 3.63) is 104 Å². The Kier molecular flexibility index (Phi) is 5.56. The van der Waals surface area contributed by atoms with Crippen LogP contribution in [0.3, 0.4) is 0 Å². The third-order valence-corrected chi connectivity index (χ3v) is 6.40. The van der Waals surface area contributed by atoms with Gasteiger partial charge in [0.05, 0.1) is 5.92 Å². The van der Waals surface area contributed by atoms with Crippen LogP contribution in [0.2, 0.25) is 5.02 Å². The first kappa shape index (κ1) is 22.1. The zero-order chi connectivity index (χ0) is 24.0. The molecule has 0 aliphatic carbocycles. The molecule has 1 aromatic heterocycles. The molecule has 1 unspecified atom stereocenters. The zero-order valence-corrected chi connectivity index (χ0v) is 20.1. The van der Waals surface area contributed by atoms with Gasteiger partial charge in [0.25, 0.3) is 0 Å². The van der Waals surface area contributed by atoms with E-state index >= 15 is 0 Å². The van der Waals surface area contributed by atoms with Crippen LogP contribution in [-0.2, 0) is 0 Å². The molecule has 168 valence electrons. The lowest BCUT2D eigenvalue weighted by atomic mass is 9.83. The van der Waals surface area contributed by atoms with Gasteiger partial charge >= 0.3 is 5.97 Å². The molecule has 1 atom stereocenters. The molecule has 3 aromatic carbocycles. The number of hydrogen-bond donors (Lipinski definition) is 1. The lowest BCUT2D eigenvalue weighted by molar-refractivity contribution is 0.0702. The number of nitrogens with zero attached hydrogens (tertiary/aromatic N) is 1. The number of nitriles is 1. The van der Waals surface area contributed by atoms with Crippen molar-refractivity contribution in [2.24, 2.45) is 5.73 Å². The standard InChI is InChI=1S/C26H16BrClN2O4/c1-13-19-10-16(28)5-8-21(19)33-24(13)26(31)32-17-6-7-18-22(11-17)34-25(30)20(12-29)23(18)14-3-2-4-15(27)9-14/h2-11,23H,30H2,1H3. The van der Waals surface area contributed by atoms with Gasteiger partial charge in [0.1, 0.15) is 28.7 Å². The van der Waals surface area contributed by atoms with Gasteiger partial charge in [0.15, 0.2) is 0 Å². The van der Waals surface area contributed by atoms with E-state index in [9.17, 15) is 10.1 Å². The second kappa shape index (κ2) is 8.56. The fourth-order valence-electron chi connectivity index (χ4n) is 4.07. The van der Waals surface area contributed by atoms with Gasteiger partial charge in [-0.2, -0.15) is 5.26 Å². The van der Waals surface area contributed by atoms with E-state index in [0.717, 1.165) is 21.0 Å². The summed E-state index contributed by atoms with van der Waals surface area (Å²) in [6.07, 6.45) is 0. The van der Waals surface area contributed by atoms with Crippen molar-refractivity contribution >= 4 is 44.5 Å². The second-order valence-electron chi connectivity index (χ2n) is 7.77. The highest BCUT2D eigenvalue weighted by atomic mass is 79.9. The highest BCUT2D eigenvalue weighted by molar-refractivity contribution is 9.10. The Bertz CT molecular complexity index is 1550. The molecular weight excluding hydrogens is 520 g/mol. The molecule has 0 fully saturated rings. The number of fused-ring (bicyclic) bond motifs is 2. The van der Waals surface area contributed by atoms with E-state index in [4.69, 9.17) is 31.2 Å². The van der Waals surface area contributed by atoms with Gasteiger partial charge in [-0.3, -0.25) is 0 Å². The van der Waals surface area contributed by atoms with Crippen molar-refractivity contribution < 1.29 is 18.7 Å². The maximum Gasteiger partial charge on any atom is 0.379 e. The summed E-state index contributed by atoms with van der Waals surface area (Å²) in [4.78, 5) is 12.9. The summed E-state index contributed by atoms with van der Waals surface area (Å²) in [5.41, 5.74) is 9.18. The average Bonchev–Trinajstić information content (AvgIpc) is 3.14. The number of rotatable bonds is 3. The predicted octanol–water partition coefficient (Wildman–Crippen LogP) is 6.59. The van der Waals surface area contributed by atoms with Crippen LogP contribution in [0.1, 0.15) is 33.2 Å². The number of esters is 1. The van der Waals surface area contributed by atoms with Crippen LogP contribution in [0.15, 0.2) is 81.0 Å². The van der Waals surface area contributed by atoms with Crippen LogP contribution in [0.5, 0.6) is 11.5 Å². The summed E-state index contributed by atoms with van der Waals surface area (Å²) in [5.74, 6) is -0.311. The van der Waals surface area contributed by atoms with Gasteiger partial charge in [-0.1, -0.05) is 45.7 Å². The van der Waals surface area contributed by atoms with E-state index < -0.39 is 11.9 Å². The molecule has 2 heterocycles. The van der Waals surface area contributed by atoms with E-state index in [1.807, 2.05) is 24.3 Å². The minimum absolute atomic E-state index is 0.00783. The fraction of sp³-hybridized carbons (Fsp3) is 0.0769. The van der Waals surface area contributed by atoms with Crippen molar-refractivity contribution in [2.45, 2.75) is 12.8 Å². The van der Waals surface area contributed by atoms with Crippen molar-refractivity contribution in [2.75, 3.05) is 0 Å². The largest absolute Gasteiger partial charge is 0.449 e. The lowest BCUT2D eigenvalue weighted by Crippen LogP contribution is -2.21. The molecule has 0 amide bonds. The zero-order valence-electron chi connectivity index (χ0n) is 17.8. The van der Waals surface area contributed by atoms with Gasteiger partial charge in [0, 0.05) is 32.1 Å². The minimum Gasteiger partial charge on any atom is -0.449 e. The van der Waals surface area contributed by atoms with E-state index in [0.29, 0.717) is 27.5 Å². The molecule has 34 heavy (non-hydrogen) atoms. The van der Waals surface area contributed by atoms with Crippen LogP contribution in [0.4, 0.5) is 0 Å². The van der Waals surface area contributed by atoms with Crippen LogP contribution in [0.25, 0.3) is 11.0 Å². The Morgan fingerprint density at radius 2 is 2.00 bits per heavy atom. The molecule has 1 aliphatic rings. The summed E-state index contributed by atoms with van der Waals surface area (Å²) in [5, 5.41) is 11.0. The van der Waals surface area contributed by atoms with Crippen molar-refractivity contribution in [3.8, 4) is 17.6 Å². The number of allylic oxidation sites excluding steroid dienone is 1. The Morgan fingerprint density at radius 3 is 2.76 bits per heavy atom. The molecule has 0 bridgehead atoms. The molecule has 8 heteroatoms. The van der Waals surface area contributed by atoms with Crippen LogP contribution < -0.4 is 15.2 Å². The number of carbonyl (C=O) groups is 1. The third kappa shape index (κ3) is 3.81. The fourth-order valence-corrected chi connectivity index (χ4v) is 4.66. The van der Waals surface area contributed by atoms with Gasteiger partial charge < -0.3 is 19.6 Å². The minimum atomic E-state index is -0.648. The molecule has 4 aromatic rings. The highest BCUT2D eigenvalue weighted by Gasteiger charge is 2.31. The summed E-state index contributed by atoms with van der Waals surface area (Å²) in [7, 11) is 0. The number of nitrogens with two attached hydrogens (primary N) is 1. The topological polar surface area (TPSA) is 98.5 Å². The first-order valence-electron chi connectivity index (χ1n) is 10.2. The number of hydrogen-bond acceptors (Lipinski definition) is 6. The van der Waals surface area contributed by atoms with Crippen molar-refractivity contribution in [3.63, 3.8) is 0 Å². The SMILES string of the molecule is Cc1c(C(=O)Oc2ccc3c(c2)OC(N)=C(C#N)C3c2cccc(Br)c2)oc2ccc(Cl)cc12. The molecule has 0 radical (unpaired) electrons. The predicted molar refractivity (Wildman–Crippen MR) is 131 cm³/mol. The number of aryl methyl sites for hydroxylation is 1. The molecule has 6 nitrogen and oxygen atoms in total.